The second-order valence-electron chi connectivity index (χ2n) is 11.8. The van der Waals surface area contributed by atoms with Crippen LogP contribution in [0.4, 0.5) is 0 Å². The number of ketones is 1. The molecule has 1 amide bonds. The molecule has 4 aromatic rings. The lowest BCUT2D eigenvalue weighted by Gasteiger charge is -2.44. The minimum Gasteiger partial charge on any atom is -0.486 e. The van der Waals surface area contributed by atoms with Gasteiger partial charge in [0.1, 0.15) is 17.1 Å². The SMILES string of the molecule is CC(Oc1cc(C(=O)N2CCC3(CC2)CC(=O)c2cc(-c4cnn(C)c4)ccc2O3)cc2c1ccn2C1CC1)C(=O)O. The van der Waals surface area contributed by atoms with E-state index < -0.39 is 17.7 Å². The Hall–Kier alpha value is -4.60. The summed E-state index contributed by atoms with van der Waals surface area (Å²) in [6.07, 6.45) is 8.10. The van der Waals surface area contributed by atoms with E-state index in [0.29, 0.717) is 54.6 Å². The molecular formula is C32H32N4O6. The topological polar surface area (TPSA) is 116 Å². The summed E-state index contributed by atoms with van der Waals surface area (Å²) in [5.41, 5.74) is 3.12. The van der Waals surface area contributed by atoms with Crippen molar-refractivity contribution in [2.24, 2.45) is 7.05 Å². The van der Waals surface area contributed by atoms with Crippen LogP contribution in [0.15, 0.2) is 55.0 Å². The molecule has 1 spiro atoms. The molecule has 2 fully saturated rings. The molecule has 1 atom stereocenters. The number of amides is 1. The zero-order valence-corrected chi connectivity index (χ0v) is 23.6. The lowest BCUT2D eigenvalue weighted by Crippen LogP contribution is -2.52. The molecule has 2 aliphatic heterocycles. The van der Waals surface area contributed by atoms with Crippen molar-refractivity contribution in [2.75, 3.05) is 13.1 Å². The van der Waals surface area contributed by atoms with Gasteiger partial charge in [0.25, 0.3) is 5.91 Å². The summed E-state index contributed by atoms with van der Waals surface area (Å²) in [5, 5.41) is 14.4. The number of carbonyl (C=O) groups is 3. The van der Waals surface area contributed by atoms with Crippen molar-refractivity contribution in [3.8, 4) is 22.6 Å². The van der Waals surface area contributed by atoms with Crippen LogP contribution in [0.1, 0.15) is 65.8 Å². The molecule has 42 heavy (non-hydrogen) atoms. The Morgan fingerprint density at radius 1 is 1.12 bits per heavy atom. The third kappa shape index (κ3) is 4.60. The average molecular weight is 569 g/mol. The number of piperidine rings is 1. The van der Waals surface area contributed by atoms with E-state index in [0.717, 1.165) is 34.9 Å². The number of Topliss-reactive ketones (excluding diaryl/α,β-unsaturated/α-hetero) is 1. The summed E-state index contributed by atoms with van der Waals surface area (Å²) >= 11 is 0. The molecule has 4 heterocycles. The summed E-state index contributed by atoms with van der Waals surface area (Å²) in [6.45, 7) is 2.37. The number of carboxylic acid groups (broad SMARTS) is 1. The number of fused-ring (bicyclic) bond motifs is 2. The molecule has 0 bridgehead atoms. The van der Waals surface area contributed by atoms with Crippen LogP contribution in [0, 0.1) is 0 Å². The number of benzene rings is 2. The first kappa shape index (κ1) is 26.3. The molecule has 0 radical (unpaired) electrons. The first-order valence-electron chi connectivity index (χ1n) is 14.4. The fraction of sp³-hybridized carbons (Fsp3) is 0.375. The second kappa shape index (κ2) is 9.75. The summed E-state index contributed by atoms with van der Waals surface area (Å²) in [6, 6.07) is 11.5. The van der Waals surface area contributed by atoms with Crippen LogP contribution in [-0.4, -0.2) is 66.8 Å². The van der Waals surface area contributed by atoms with E-state index in [1.54, 1.807) is 21.8 Å². The van der Waals surface area contributed by atoms with Crippen molar-refractivity contribution < 1.29 is 29.0 Å². The zero-order chi connectivity index (χ0) is 29.2. The molecule has 2 aromatic carbocycles. The van der Waals surface area contributed by atoms with Gasteiger partial charge in [0.05, 0.1) is 23.7 Å². The van der Waals surface area contributed by atoms with Gasteiger partial charge in [-0.2, -0.15) is 5.10 Å². The van der Waals surface area contributed by atoms with Gasteiger partial charge in [-0.3, -0.25) is 14.3 Å². The van der Waals surface area contributed by atoms with Crippen LogP contribution in [0.2, 0.25) is 0 Å². The Morgan fingerprint density at radius 3 is 2.60 bits per heavy atom. The molecule has 216 valence electrons. The maximum absolute atomic E-state index is 13.8. The molecule has 1 saturated heterocycles. The third-order valence-electron chi connectivity index (χ3n) is 8.73. The molecule has 2 aromatic heterocycles. The van der Waals surface area contributed by atoms with E-state index in [4.69, 9.17) is 9.47 Å². The third-order valence-corrected chi connectivity index (χ3v) is 8.73. The van der Waals surface area contributed by atoms with E-state index in [2.05, 4.69) is 9.67 Å². The van der Waals surface area contributed by atoms with Gasteiger partial charge < -0.3 is 24.0 Å². The number of aliphatic carboxylic acids is 1. The minimum atomic E-state index is -1.07. The van der Waals surface area contributed by atoms with Crippen molar-refractivity contribution in [1.82, 2.24) is 19.2 Å². The molecule has 3 aliphatic rings. The molecule has 10 heteroatoms. The summed E-state index contributed by atoms with van der Waals surface area (Å²) < 4.78 is 16.2. The van der Waals surface area contributed by atoms with Crippen molar-refractivity contribution in [3.05, 3.63) is 66.1 Å². The first-order valence-corrected chi connectivity index (χ1v) is 14.4. The molecule has 1 N–H and O–H groups in total. The highest BCUT2D eigenvalue weighted by Crippen LogP contribution is 2.42. The number of carboxylic acids is 1. The molecule has 1 saturated carbocycles. The van der Waals surface area contributed by atoms with E-state index in [-0.39, 0.29) is 18.1 Å². The van der Waals surface area contributed by atoms with Crippen LogP contribution >= 0.6 is 0 Å². The van der Waals surface area contributed by atoms with E-state index in [1.165, 1.54) is 6.92 Å². The molecule has 10 nitrogen and oxygen atoms in total. The Labute approximate surface area is 242 Å². The predicted molar refractivity (Wildman–Crippen MR) is 154 cm³/mol. The largest absolute Gasteiger partial charge is 0.486 e. The van der Waals surface area contributed by atoms with Crippen molar-refractivity contribution in [2.45, 2.75) is 56.8 Å². The number of carbonyl (C=O) groups excluding carboxylic acids is 2. The maximum atomic E-state index is 13.8. The smallest absolute Gasteiger partial charge is 0.344 e. The summed E-state index contributed by atoms with van der Waals surface area (Å²) in [5.74, 6) is -0.199. The van der Waals surface area contributed by atoms with Crippen molar-refractivity contribution in [1.29, 1.82) is 0 Å². The fourth-order valence-corrected chi connectivity index (χ4v) is 6.18. The Kier molecular flexibility index (Phi) is 6.11. The zero-order valence-electron chi connectivity index (χ0n) is 23.6. The van der Waals surface area contributed by atoms with E-state index >= 15 is 0 Å². The monoisotopic (exact) mass is 568 g/mol. The van der Waals surface area contributed by atoms with Gasteiger partial charge in [0.15, 0.2) is 11.9 Å². The van der Waals surface area contributed by atoms with Gasteiger partial charge in [-0.25, -0.2) is 4.79 Å². The molecule has 1 unspecified atom stereocenters. The van der Waals surface area contributed by atoms with E-state index in [9.17, 15) is 19.5 Å². The normalized spacial score (nSPS) is 18.5. The number of rotatable bonds is 6. The Morgan fingerprint density at radius 2 is 1.90 bits per heavy atom. The van der Waals surface area contributed by atoms with Crippen LogP contribution in [0.3, 0.4) is 0 Å². The van der Waals surface area contributed by atoms with Crippen LogP contribution in [0.25, 0.3) is 22.0 Å². The number of likely N-dealkylation sites (tertiary alicyclic amines) is 1. The summed E-state index contributed by atoms with van der Waals surface area (Å²) in [4.78, 5) is 40.4. The standard InChI is InChI=1S/C32H32N4O6/c1-19(31(39)40)41-29-15-21(14-26-24(29)7-10-36(26)23-4-5-23)30(38)35-11-8-32(9-12-35)16-27(37)25-13-20(3-6-28(25)42-32)22-17-33-34(2)18-22/h3,6-7,10,13-15,17-19,23H,4-5,8-9,11-12,16H2,1-2H3,(H,39,40). The molecular weight excluding hydrogens is 536 g/mol. The highest BCUT2D eigenvalue weighted by Gasteiger charge is 2.44. The second-order valence-corrected chi connectivity index (χ2v) is 11.8. The number of hydrogen-bond acceptors (Lipinski definition) is 6. The minimum absolute atomic E-state index is 0.0439. The number of aryl methyl sites for hydroxylation is 1. The van der Waals surface area contributed by atoms with Crippen LogP contribution in [0.5, 0.6) is 11.5 Å². The number of nitrogens with zero attached hydrogens (tertiary/aromatic N) is 4. The Bertz CT molecular complexity index is 1740. The lowest BCUT2D eigenvalue weighted by molar-refractivity contribution is -0.144. The number of aromatic nitrogens is 3. The highest BCUT2D eigenvalue weighted by atomic mass is 16.5. The quantitative estimate of drug-likeness (QED) is 0.353. The van der Waals surface area contributed by atoms with Crippen molar-refractivity contribution >= 4 is 28.6 Å². The predicted octanol–water partition coefficient (Wildman–Crippen LogP) is 4.87. The number of hydrogen-bond donors (Lipinski definition) is 1. The average Bonchev–Trinajstić information content (AvgIpc) is 3.57. The van der Waals surface area contributed by atoms with Crippen molar-refractivity contribution in [3.63, 3.8) is 0 Å². The van der Waals surface area contributed by atoms with Crippen LogP contribution < -0.4 is 9.47 Å². The Balaban J connectivity index is 1.10. The lowest BCUT2D eigenvalue weighted by atomic mass is 9.82. The fourth-order valence-electron chi connectivity index (χ4n) is 6.18. The van der Waals surface area contributed by atoms with Gasteiger partial charge >= 0.3 is 5.97 Å². The van der Waals surface area contributed by atoms with Gasteiger partial charge in [0.2, 0.25) is 0 Å². The molecule has 7 rings (SSSR count). The van der Waals surface area contributed by atoms with Gasteiger partial charge in [0, 0.05) is 67.9 Å². The van der Waals surface area contributed by atoms with Crippen LogP contribution in [-0.2, 0) is 11.8 Å². The highest BCUT2D eigenvalue weighted by molar-refractivity contribution is 6.02. The maximum Gasteiger partial charge on any atom is 0.344 e. The van der Waals surface area contributed by atoms with E-state index in [1.807, 2.05) is 49.8 Å². The first-order chi connectivity index (χ1) is 20.2. The van der Waals surface area contributed by atoms with Gasteiger partial charge in [-0.05, 0) is 55.7 Å². The van der Waals surface area contributed by atoms with Gasteiger partial charge in [-0.1, -0.05) is 6.07 Å². The van der Waals surface area contributed by atoms with Gasteiger partial charge in [-0.15, -0.1) is 0 Å². The molecule has 1 aliphatic carbocycles. The summed E-state index contributed by atoms with van der Waals surface area (Å²) in [7, 11) is 1.86. The number of ether oxygens (including phenoxy) is 2.